The number of hydrogen-bond acceptors (Lipinski definition) is 2. The van der Waals surface area contributed by atoms with Crippen molar-refractivity contribution in [2.45, 2.75) is 59.4 Å². The lowest BCUT2D eigenvalue weighted by molar-refractivity contribution is 0.275. The Bertz CT molecular complexity index is 153. The molecule has 0 bridgehead atoms. The van der Waals surface area contributed by atoms with E-state index in [1.165, 1.54) is 12.8 Å². The van der Waals surface area contributed by atoms with Crippen LogP contribution >= 0.6 is 0 Å². The summed E-state index contributed by atoms with van der Waals surface area (Å²) in [7, 11) is 0. The Hall–Kier alpha value is -0.0800. The third-order valence-corrected chi connectivity index (χ3v) is 3.28. The SMILES string of the molecule is CCC(CC)CNC(C)(CN)CC(C)C. The predicted octanol–water partition coefficient (Wildman–Crippen LogP) is 2.78. The second kappa shape index (κ2) is 7.24. The van der Waals surface area contributed by atoms with Crippen LogP contribution in [0.25, 0.3) is 0 Å². The molecule has 2 heteroatoms. The molecule has 0 aromatic rings. The third-order valence-electron chi connectivity index (χ3n) is 3.28. The normalized spacial score (nSPS) is 16.0. The van der Waals surface area contributed by atoms with Crippen molar-refractivity contribution in [1.29, 1.82) is 0 Å². The molecule has 0 radical (unpaired) electrons. The minimum absolute atomic E-state index is 0.122. The molecule has 3 N–H and O–H groups in total. The van der Waals surface area contributed by atoms with E-state index in [0.717, 1.165) is 25.4 Å². The molecule has 92 valence electrons. The van der Waals surface area contributed by atoms with Gasteiger partial charge in [0.1, 0.15) is 0 Å². The highest BCUT2D eigenvalue weighted by atomic mass is 15.0. The molecule has 0 saturated carbocycles. The molecular formula is C13H30N2. The van der Waals surface area contributed by atoms with Gasteiger partial charge in [0, 0.05) is 12.1 Å². The number of nitrogens with two attached hydrogens (primary N) is 1. The van der Waals surface area contributed by atoms with Crippen LogP contribution in [0.1, 0.15) is 53.9 Å². The van der Waals surface area contributed by atoms with Crippen LogP contribution in [0.4, 0.5) is 0 Å². The van der Waals surface area contributed by atoms with Gasteiger partial charge in [0.15, 0.2) is 0 Å². The zero-order chi connectivity index (χ0) is 11.9. The minimum Gasteiger partial charge on any atom is -0.329 e. The largest absolute Gasteiger partial charge is 0.329 e. The topological polar surface area (TPSA) is 38.0 Å². The van der Waals surface area contributed by atoms with Crippen LogP contribution in [0.5, 0.6) is 0 Å². The first-order valence-corrected chi connectivity index (χ1v) is 6.42. The highest BCUT2D eigenvalue weighted by Gasteiger charge is 2.23. The molecule has 0 aliphatic carbocycles. The summed E-state index contributed by atoms with van der Waals surface area (Å²) in [4.78, 5) is 0. The van der Waals surface area contributed by atoms with Gasteiger partial charge >= 0.3 is 0 Å². The van der Waals surface area contributed by atoms with Crippen molar-refractivity contribution in [2.24, 2.45) is 17.6 Å². The monoisotopic (exact) mass is 214 g/mol. The van der Waals surface area contributed by atoms with E-state index in [0.29, 0.717) is 5.92 Å². The van der Waals surface area contributed by atoms with Gasteiger partial charge in [-0.05, 0) is 31.7 Å². The van der Waals surface area contributed by atoms with E-state index in [-0.39, 0.29) is 5.54 Å². The number of rotatable bonds is 8. The first-order chi connectivity index (χ1) is 6.97. The van der Waals surface area contributed by atoms with E-state index in [4.69, 9.17) is 5.73 Å². The maximum Gasteiger partial charge on any atom is 0.0278 e. The van der Waals surface area contributed by atoms with E-state index in [1.54, 1.807) is 0 Å². The molecule has 15 heavy (non-hydrogen) atoms. The van der Waals surface area contributed by atoms with Crippen molar-refractivity contribution in [1.82, 2.24) is 5.32 Å². The highest BCUT2D eigenvalue weighted by Crippen LogP contribution is 2.16. The number of hydrogen-bond donors (Lipinski definition) is 2. The van der Waals surface area contributed by atoms with Crippen molar-refractivity contribution in [3.05, 3.63) is 0 Å². The van der Waals surface area contributed by atoms with Crippen LogP contribution in [0.3, 0.4) is 0 Å². The van der Waals surface area contributed by atoms with Gasteiger partial charge in [0.05, 0.1) is 0 Å². The molecule has 0 saturated heterocycles. The lowest BCUT2D eigenvalue weighted by Crippen LogP contribution is -2.51. The highest BCUT2D eigenvalue weighted by molar-refractivity contribution is 4.85. The average Bonchev–Trinajstić information content (AvgIpc) is 2.18. The first kappa shape index (κ1) is 14.9. The second-order valence-corrected chi connectivity index (χ2v) is 5.43. The van der Waals surface area contributed by atoms with Crippen molar-refractivity contribution < 1.29 is 0 Å². The summed E-state index contributed by atoms with van der Waals surface area (Å²) in [5.41, 5.74) is 5.98. The fourth-order valence-corrected chi connectivity index (χ4v) is 2.10. The zero-order valence-corrected chi connectivity index (χ0v) is 11.3. The smallest absolute Gasteiger partial charge is 0.0278 e. The molecule has 0 aromatic heterocycles. The second-order valence-electron chi connectivity index (χ2n) is 5.43. The molecule has 1 unspecified atom stereocenters. The van der Waals surface area contributed by atoms with E-state index >= 15 is 0 Å². The Labute approximate surface area is 96.0 Å². The van der Waals surface area contributed by atoms with Crippen molar-refractivity contribution in [3.63, 3.8) is 0 Å². The maximum atomic E-state index is 5.86. The van der Waals surface area contributed by atoms with Crippen LogP contribution < -0.4 is 11.1 Å². The Morgan fingerprint density at radius 2 is 1.73 bits per heavy atom. The quantitative estimate of drug-likeness (QED) is 0.652. The molecule has 0 heterocycles. The van der Waals surface area contributed by atoms with Gasteiger partial charge in [-0.1, -0.05) is 40.5 Å². The van der Waals surface area contributed by atoms with Crippen LogP contribution in [-0.4, -0.2) is 18.6 Å². The Kier molecular flexibility index (Phi) is 7.20. The molecule has 0 amide bonds. The van der Waals surface area contributed by atoms with Crippen LogP contribution in [0, 0.1) is 11.8 Å². The average molecular weight is 214 g/mol. The van der Waals surface area contributed by atoms with E-state index in [1.807, 2.05) is 0 Å². The van der Waals surface area contributed by atoms with Gasteiger partial charge in [-0.3, -0.25) is 0 Å². The molecule has 0 aromatic carbocycles. The first-order valence-electron chi connectivity index (χ1n) is 6.42. The summed E-state index contributed by atoms with van der Waals surface area (Å²) in [5, 5.41) is 3.65. The van der Waals surface area contributed by atoms with E-state index in [9.17, 15) is 0 Å². The minimum atomic E-state index is 0.122. The lowest BCUT2D eigenvalue weighted by atomic mass is 9.90. The van der Waals surface area contributed by atoms with E-state index in [2.05, 4.69) is 39.9 Å². The molecule has 0 aliphatic heterocycles. The van der Waals surface area contributed by atoms with Gasteiger partial charge in [0.2, 0.25) is 0 Å². The Morgan fingerprint density at radius 1 is 1.20 bits per heavy atom. The summed E-state index contributed by atoms with van der Waals surface area (Å²) in [6.07, 6.45) is 3.67. The summed E-state index contributed by atoms with van der Waals surface area (Å²) in [6, 6.07) is 0. The van der Waals surface area contributed by atoms with Gasteiger partial charge in [0.25, 0.3) is 0 Å². The fraction of sp³-hybridized carbons (Fsp3) is 1.00. The predicted molar refractivity (Wildman–Crippen MR) is 69.0 cm³/mol. The Balaban J connectivity index is 4.07. The summed E-state index contributed by atoms with van der Waals surface area (Å²) < 4.78 is 0. The summed E-state index contributed by atoms with van der Waals surface area (Å²) in [6.45, 7) is 13.1. The van der Waals surface area contributed by atoms with Crippen molar-refractivity contribution in [3.8, 4) is 0 Å². The molecule has 2 nitrogen and oxygen atoms in total. The molecular weight excluding hydrogens is 184 g/mol. The van der Waals surface area contributed by atoms with E-state index < -0.39 is 0 Å². The van der Waals surface area contributed by atoms with Crippen LogP contribution in [0.15, 0.2) is 0 Å². The fourth-order valence-electron chi connectivity index (χ4n) is 2.10. The van der Waals surface area contributed by atoms with Crippen LogP contribution in [0.2, 0.25) is 0 Å². The zero-order valence-electron chi connectivity index (χ0n) is 11.3. The van der Waals surface area contributed by atoms with Gasteiger partial charge in [-0.2, -0.15) is 0 Å². The molecule has 0 spiro atoms. The lowest BCUT2D eigenvalue weighted by Gasteiger charge is -2.33. The Morgan fingerprint density at radius 3 is 2.07 bits per heavy atom. The third kappa shape index (κ3) is 6.16. The van der Waals surface area contributed by atoms with Gasteiger partial charge < -0.3 is 11.1 Å². The number of nitrogens with one attached hydrogen (secondary N) is 1. The van der Waals surface area contributed by atoms with Crippen molar-refractivity contribution in [2.75, 3.05) is 13.1 Å². The molecule has 0 rings (SSSR count). The summed E-state index contributed by atoms with van der Waals surface area (Å²) in [5.74, 6) is 1.50. The standard InChI is InChI=1S/C13H30N2/c1-6-12(7-2)9-15-13(5,10-14)8-11(3)4/h11-12,15H,6-10,14H2,1-5H3. The molecule has 1 atom stereocenters. The van der Waals surface area contributed by atoms with Gasteiger partial charge in [-0.15, -0.1) is 0 Å². The summed E-state index contributed by atoms with van der Waals surface area (Å²) >= 11 is 0. The van der Waals surface area contributed by atoms with Crippen LogP contribution in [-0.2, 0) is 0 Å². The van der Waals surface area contributed by atoms with Crippen molar-refractivity contribution >= 4 is 0 Å². The van der Waals surface area contributed by atoms with Gasteiger partial charge in [-0.25, -0.2) is 0 Å². The molecule has 0 aliphatic rings. The maximum absolute atomic E-state index is 5.86. The molecule has 0 fully saturated rings.